The zero-order valence-corrected chi connectivity index (χ0v) is 15.9. The van der Waals surface area contributed by atoms with Crippen molar-refractivity contribution in [2.45, 2.75) is 24.3 Å². The molecule has 0 fully saturated rings. The summed E-state index contributed by atoms with van der Waals surface area (Å²) in [5.41, 5.74) is 4.39. The minimum absolute atomic E-state index is 0.0254. The van der Waals surface area contributed by atoms with E-state index in [0.29, 0.717) is 0 Å². The summed E-state index contributed by atoms with van der Waals surface area (Å²) in [6.07, 6.45) is 0. The fourth-order valence-corrected chi connectivity index (χ4v) is 4.06. The largest absolute Gasteiger partial charge is 0.325 e. The molecule has 0 saturated carbocycles. The summed E-state index contributed by atoms with van der Waals surface area (Å²) in [6.45, 7) is 3.99. The SMILES string of the molecule is Cc1cccc(NC(=O)[C@H](C)SC(c2ccccc2)c2ccccc2)c1. The Balaban J connectivity index is 1.77. The van der Waals surface area contributed by atoms with E-state index in [4.69, 9.17) is 0 Å². The number of carbonyl (C=O) groups is 1. The van der Waals surface area contributed by atoms with Crippen LogP contribution >= 0.6 is 11.8 Å². The highest BCUT2D eigenvalue weighted by atomic mass is 32.2. The number of hydrogen-bond acceptors (Lipinski definition) is 2. The lowest BCUT2D eigenvalue weighted by molar-refractivity contribution is -0.115. The molecule has 0 heterocycles. The molecule has 3 aromatic rings. The van der Waals surface area contributed by atoms with Crippen LogP contribution in [0.15, 0.2) is 84.9 Å². The third-order valence-corrected chi connectivity index (χ3v) is 5.64. The zero-order chi connectivity index (χ0) is 18.4. The second-order valence-electron chi connectivity index (χ2n) is 6.34. The van der Waals surface area contributed by atoms with Gasteiger partial charge in [-0.3, -0.25) is 4.79 Å². The van der Waals surface area contributed by atoms with E-state index in [1.807, 2.05) is 74.5 Å². The summed E-state index contributed by atoms with van der Waals surface area (Å²) in [4.78, 5) is 12.7. The number of nitrogens with one attached hydrogen (secondary N) is 1. The minimum atomic E-state index is -0.180. The van der Waals surface area contributed by atoms with Crippen LogP contribution in [-0.2, 0) is 4.79 Å². The molecular weight excluding hydrogens is 338 g/mol. The van der Waals surface area contributed by atoms with Crippen LogP contribution in [0.5, 0.6) is 0 Å². The van der Waals surface area contributed by atoms with Crippen LogP contribution in [0.1, 0.15) is 28.9 Å². The summed E-state index contributed by atoms with van der Waals surface area (Å²) in [7, 11) is 0. The van der Waals surface area contributed by atoms with E-state index >= 15 is 0 Å². The molecule has 132 valence electrons. The average molecular weight is 362 g/mol. The van der Waals surface area contributed by atoms with E-state index in [0.717, 1.165) is 11.3 Å². The lowest BCUT2D eigenvalue weighted by Gasteiger charge is -2.21. The Bertz CT molecular complexity index is 809. The van der Waals surface area contributed by atoms with Gasteiger partial charge in [-0.2, -0.15) is 0 Å². The fourth-order valence-electron chi connectivity index (χ4n) is 2.84. The zero-order valence-electron chi connectivity index (χ0n) is 15.1. The number of rotatable bonds is 6. The normalized spacial score (nSPS) is 12.0. The molecule has 0 aliphatic rings. The summed E-state index contributed by atoms with van der Waals surface area (Å²) in [5, 5.41) is 2.97. The van der Waals surface area contributed by atoms with Gasteiger partial charge in [-0.05, 0) is 42.7 Å². The summed E-state index contributed by atoms with van der Waals surface area (Å²) < 4.78 is 0. The fraction of sp³-hybridized carbons (Fsp3) is 0.174. The van der Waals surface area contributed by atoms with Crippen molar-refractivity contribution in [1.82, 2.24) is 0 Å². The summed E-state index contributed by atoms with van der Waals surface area (Å²) in [6, 6.07) is 28.6. The van der Waals surface area contributed by atoms with Gasteiger partial charge in [0, 0.05) is 5.69 Å². The Morgan fingerprint density at radius 2 is 1.42 bits per heavy atom. The number of aryl methyl sites for hydroxylation is 1. The molecule has 1 atom stereocenters. The van der Waals surface area contributed by atoms with Gasteiger partial charge in [0.25, 0.3) is 0 Å². The summed E-state index contributed by atoms with van der Waals surface area (Å²) in [5.74, 6) is 0.0254. The topological polar surface area (TPSA) is 29.1 Å². The first kappa shape index (κ1) is 18.3. The predicted octanol–water partition coefficient (Wildman–Crippen LogP) is 5.84. The second kappa shape index (κ2) is 8.72. The predicted molar refractivity (Wildman–Crippen MR) is 112 cm³/mol. The highest BCUT2D eigenvalue weighted by Crippen LogP contribution is 2.38. The third kappa shape index (κ3) is 4.77. The Labute approximate surface area is 159 Å². The van der Waals surface area contributed by atoms with E-state index in [1.165, 1.54) is 11.1 Å². The first-order chi connectivity index (χ1) is 12.6. The number of carbonyl (C=O) groups excluding carboxylic acids is 1. The van der Waals surface area contributed by atoms with E-state index in [1.54, 1.807) is 11.8 Å². The van der Waals surface area contributed by atoms with Crippen molar-refractivity contribution >= 4 is 23.4 Å². The van der Waals surface area contributed by atoms with Crippen LogP contribution < -0.4 is 5.32 Å². The highest BCUT2D eigenvalue weighted by molar-refractivity contribution is 8.01. The van der Waals surface area contributed by atoms with Gasteiger partial charge < -0.3 is 5.32 Å². The number of benzene rings is 3. The molecular formula is C23H23NOS. The molecule has 1 N–H and O–H groups in total. The lowest BCUT2D eigenvalue weighted by atomic mass is 10.0. The molecule has 0 saturated heterocycles. The van der Waals surface area contributed by atoms with Crippen molar-refractivity contribution in [2.75, 3.05) is 5.32 Å². The molecule has 26 heavy (non-hydrogen) atoms. The maximum atomic E-state index is 12.7. The quantitative estimate of drug-likeness (QED) is 0.597. The van der Waals surface area contributed by atoms with Gasteiger partial charge in [0.05, 0.1) is 10.5 Å². The van der Waals surface area contributed by atoms with E-state index in [9.17, 15) is 4.79 Å². The maximum Gasteiger partial charge on any atom is 0.237 e. The van der Waals surface area contributed by atoms with Gasteiger partial charge in [-0.15, -0.1) is 11.8 Å². The Hall–Kier alpha value is -2.52. The molecule has 0 spiro atoms. The van der Waals surface area contributed by atoms with Gasteiger partial charge >= 0.3 is 0 Å². The number of thioether (sulfide) groups is 1. The molecule has 0 aliphatic heterocycles. The van der Waals surface area contributed by atoms with Gasteiger partial charge in [-0.1, -0.05) is 72.8 Å². The Morgan fingerprint density at radius 3 is 1.96 bits per heavy atom. The highest BCUT2D eigenvalue weighted by Gasteiger charge is 2.22. The molecule has 0 radical (unpaired) electrons. The summed E-state index contributed by atoms with van der Waals surface area (Å²) >= 11 is 1.67. The second-order valence-corrected chi connectivity index (χ2v) is 7.79. The number of hydrogen-bond donors (Lipinski definition) is 1. The average Bonchev–Trinajstić information content (AvgIpc) is 2.67. The molecule has 0 aliphatic carbocycles. The van der Waals surface area contributed by atoms with E-state index in [-0.39, 0.29) is 16.4 Å². The molecule has 2 nitrogen and oxygen atoms in total. The van der Waals surface area contributed by atoms with Gasteiger partial charge in [0.1, 0.15) is 0 Å². The van der Waals surface area contributed by atoms with Crippen molar-refractivity contribution in [2.24, 2.45) is 0 Å². The van der Waals surface area contributed by atoms with Crippen LogP contribution in [0.25, 0.3) is 0 Å². The van der Waals surface area contributed by atoms with Crippen molar-refractivity contribution in [3.05, 3.63) is 102 Å². The van der Waals surface area contributed by atoms with Gasteiger partial charge in [-0.25, -0.2) is 0 Å². The molecule has 3 rings (SSSR count). The molecule has 0 bridgehead atoms. The van der Waals surface area contributed by atoms with Crippen molar-refractivity contribution < 1.29 is 4.79 Å². The number of anilines is 1. The standard InChI is InChI=1S/C23H23NOS/c1-17-10-9-15-21(16-17)24-23(25)18(2)26-22(19-11-5-3-6-12-19)20-13-7-4-8-14-20/h3-16,18,22H,1-2H3,(H,24,25)/t18-/m0/s1. The van der Waals surface area contributed by atoms with Gasteiger partial charge in [0.2, 0.25) is 5.91 Å². The monoisotopic (exact) mass is 361 g/mol. The molecule has 0 unspecified atom stereocenters. The molecule has 1 amide bonds. The smallest absolute Gasteiger partial charge is 0.237 e. The van der Waals surface area contributed by atoms with Crippen LogP contribution in [0.4, 0.5) is 5.69 Å². The van der Waals surface area contributed by atoms with Crippen LogP contribution in [0.2, 0.25) is 0 Å². The van der Waals surface area contributed by atoms with Crippen molar-refractivity contribution in [3.63, 3.8) is 0 Å². The lowest BCUT2D eigenvalue weighted by Crippen LogP contribution is -2.23. The number of amides is 1. The van der Waals surface area contributed by atoms with Crippen LogP contribution in [-0.4, -0.2) is 11.2 Å². The Morgan fingerprint density at radius 1 is 0.846 bits per heavy atom. The van der Waals surface area contributed by atoms with E-state index < -0.39 is 0 Å². The Kier molecular flexibility index (Phi) is 6.13. The van der Waals surface area contributed by atoms with Crippen molar-refractivity contribution in [3.8, 4) is 0 Å². The molecule has 0 aromatic heterocycles. The third-order valence-electron chi connectivity index (χ3n) is 4.20. The molecule has 3 heteroatoms. The maximum absolute atomic E-state index is 12.7. The minimum Gasteiger partial charge on any atom is -0.325 e. The van der Waals surface area contributed by atoms with E-state index in [2.05, 4.69) is 29.6 Å². The first-order valence-corrected chi connectivity index (χ1v) is 9.70. The van der Waals surface area contributed by atoms with Gasteiger partial charge in [0.15, 0.2) is 0 Å². The van der Waals surface area contributed by atoms with Crippen molar-refractivity contribution in [1.29, 1.82) is 0 Å². The molecule has 3 aromatic carbocycles. The van der Waals surface area contributed by atoms with Crippen LogP contribution in [0, 0.1) is 6.92 Å². The first-order valence-electron chi connectivity index (χ1n) is 8.76. The van der Waals surface area contributed by atoms with Crippen LogP contribution in [0.3, 0.4) is 0 Å².